The van der Waals surface area contributed by atoms with Crippen LogP contribution >= 0.6 is 23.2 Å². The highest BCUT2D eigenvalue weighted by molar-refractivity contribution is 6.36. The molecular formula is C27H19Cl2N3O4. The second kappa shape index (κ2) is 7.91. The van der Waals surface area contributed by atoms with Crippen LogP contribution in [-0.4, -0.2) is 35.1 Å². The molecule has 2 bridgehead atoms. The number of rotatable bonds is 3. The SMILES string of the molecule is O=C(CN1C(=O)[C@@H]2[C@H](C1=O)C1(Cl)c3ccccc3C2(Cl)c2ccccc21)NNC(=O)c1ccccc1. The van der Waals surface area contributed by atoms with E-state index in [4.69, 9.17) is 23.2 Å². The molecule has 0 saturated carbocycles. The molecule has 9 heteroatoms. The third-order valence-corrected chi connectivity index (χ3v) is 8.61. The molecule has 0 aromatic heterocycles. The zero-order valence-corrected chi connectivity index (χ0v) is 20.2. The number of alkyl halides is 2. The third kappa shape index (κ3) is 2.87. The second-order valence-electron chi connectivity index (χ2n) is 9.10. The molecule has 180 valence electrons. The van der Waals surface area contributed by atoms with E-state index < -0.39 is 51.8 Å². The fraction of sp³-hybridized carbons (Fsp3) is 0.185. The van der Waals surface area contributed by atoms with Crippen molar-refractivity contribution in [3.63, 3.8) is 0 Å². The van der Waals surface area contributed by atoms with Crippen molar-refractivity contribution in [2.24, 2.45) is 11.8 Å². The summed E-state index contributed by atoms with van der Waals surface area (Å²) in [6.07, 6.45) is 0. The van der Waals surface area contributed by atoms with Gasteiger partial charge in [0.2, 0.25) is 11.8 Å². The van der Waals surface area contributed by atoms with Crippen molar-refractivity contribution in [3.8, 4) is 0 Å². The van der Waals surface area contributed by atoms with E-state index in [1.165, 1.54) is 0 Å². The quantitative estimate of drug-likeness (QED) is 0.316. The van der Waals surface area contributed by atoms with Crippen molar-refractivity contribution in [2.45, 2.75) is 9.75 Å². The van der Waals surface area contributed by atoms with Crippen LogP contribution in [0.1, 0.15) is 32.6 Å². The number of nitrogens with zero attached hydrogens (tertiary/aromatic N) is 1. The Kier molecular flexibility index (Phi) is 5.00. The number of hydrogen-bond donors (Lipinski definition) is 2. The average Bonchev–Trinajstić information content (AvgIpc) is 3.17. The van der Waals surface area contributed by atoms with Crippen molar-refractivity contribution >= 4 is 46.8 Å². The van der Waals surface area contributed by atoms with E-state index in [2.05, 4.69) is 10.9 Å². The summed E-state index contributed by atoms with van der Waals surface area (Å²) in [7, 11) is 0. The summed E-state index contributed by atoms with van der Waals surface area (Å²) in [5, 5.41) is 0. The van der Waals surface area contributed by atoms with Crippen LogP contribution in [0.15, 0.2) is 78.9 Å². The van der Waals surface area contributed by atoms with Crippen molar-refractivity contribution in [3.05, 3.63) is 107 Å². The van der Waals surface area contributed by atoms with Gasteiger partial charge in [-0.2, -0.15) is 0 Å². The van der Waals surface area contributed by atoms with E-state index in [1.54, 1.807) is 30.3 Å². The van der Waals surface area contributed by atoms with Crippen molar-refractivity contribution in [2.75, 3.05) is 6.54 Å². The van der Waals surface area contributed by atoms with E-state index in [0.717, 1.165) is 4.90 Å². The number of carbonyl (C=O) groups excluding carboxylic acids is 4. The van der Waals surface area contributed by atoms with Gasteiger partial charge in [-0.15, -0.1) is 23.2 Å². The predicted molar refractivity (Wildman–Crippen MR) is 132 cm³/mol. The highest BCUT2D eigenvalue weighted by atomic mass is 35.5. The first-order valence-electron chi connectivity index (χ1n) is 11.4. The molecule has 1 aliphatic heterocycles. The zero-order valence-electron chi connectivity index (χ0n) is 18.7. The number of carbonyl (C=O) groups is 4. The smallest absolute Gasteiger partial charge is 0.269 e. The Morgan fingerprint density at radius 1 is 0.694 bits per heavy atom. The summed E-state index contributed by atoms with van der Waals surface area (Å²) < 4.78 is 0. The molecule has 0 spiro atoms. The first kappa shape index (κ1) is 22.8. The highest BCUT2D eigenvalue weighted by Gasteiger charge is 2.73. The monoisotopic (exact) mass is 519 g/mol. The third-order valence-electron chi connectivity index (χ3n) is 7.33. The summed E-state index contributed by atoms with van der Waals surface area (Å²) in [5.74, 6) is -4.37. The van der Waals surface area contributed by atoms with Crippen molar-refractivity contribution < 1.29 is 19.2 Å². The van der Waals surface area contributed by atoms with Crippen LogP contribution < -0.4 is 10.9 Å². The Morgan fingerprint density at radius 3 is 1.56 bits per heavy atom. The summed E-state index contributed by atoms with van der Waals surface area (Å²) in [5.41, 5.74) is 7.65. The average molecular weight is 520 g/mol. The molecule has 1 saturated heterocycles. The minimum atomic E-state index is -1.31. The topological polar surface area (TPSA) is 95.6 Å². The van der Waals surface area contributed by atoms with E-state index in [-0.39, 0.29) is 0 Å². The Balaban J connectivity index is 1.32. The molecule has 3 aromatic carbocycles. The van der Waals surface area contributed by atoms with Gasteiger partial charge in [-0.25, -0.2) is 0 Å². The summed E-state index contributed by atoms with van der Waals surface area (Å²) in [4.78, 5) is 50.6. The molecule has 36 heavy (non-hydrogen) atoms. The molecule has 1 heterocycles. The fourth-order valence-electron chi connectivity index (χ4n) is 5.85. The maximum Gasteiger partial charge on any atom is 0.269 e. The molecule has 2 atom stereocenters. The Hall–Kier alpha value is -3.68. The van der Waals surface area contributed by atoms with Gasteiger partial charge < -0.3 is 0 Å². The predicted octanol–water partition coefficient (Wildman–Crippen LogP) is 3.04. The summed E-state index contributed by atoms with van der Waals surface area (Å²) in [6.45, 7) is -0.577. The Bertz CT molecular complexity index is 1340. The first-order valence-corrected chi connectivity index (χ1v) is 12.1. The van der Waals surface area contributed by atoms with Crippen LogP contribution in [0.25, 0.3) is 0 Å². The molecule has 4 aliphatic rings. The van der Waals surface area contributed by atoms with E-state index >= 15 is 0 Å². The molecule has 0 radical (unpaired) electrons. The minimum Gasteiger partial charge on any atom is -0.274 e. The highest BCUT2D eigenvalue weighted by Crippen LogP contribution is 2.69. The molecule has 0 unspecified atom stereocenters. The lowest BCUT2D eigenvalue weighted by atomic mass is 9.54. The number of imide groups is 1. The molecule has 2 N–H and O–H groups in total. The number of nitrogens with one attached hydrogen (secondary N) is 2. The number of benzene rings is 3. The Labute approximate surface area is 216 Å². The van der Waals surface area contributed by atoms with Gasteiger partial charge in [0.25, 0.3) is 11.8 Å². The van der Waals surface area contributed by atoms with Crippen LogP contribution in [-0.2, 0) is 24.1 Å². The standard InChI is InChI=1S/C27H19Cl2N3O4/c28-26-16-10-4-5-11-17(16)27(29,19-13-7-6-12-18(19)26)22-21(26)24(35)32(25(22)36)14-20(33)30-31-23(34)15-8-2-1-3-9-15/h1-13,21-22H,14H2,(H,30,33)(H,31,34)/t21-,22+,26?,27?. The van der Waals surface area contributed by atoms with Gasteiger partial charge in [0.05, 0.1) is 11.8 Å². The normalized spacial score (nSPS) is 27.2. The Morgan fingerprint density at radius 2 is 1.11 bits per heavy atom. The van der Waals surface area contributed by atoms with Gasteiger partial charge in [-0.1, -0.05) is 66.7 Å². The van der Waals surface area contributed by atoms with E-state index in [0.29, 0.717) is 27.8 Å². The van der Waals surface area contributed by atoms with Crippen LogP contribution in [0.2, 0.25) is 0 Å². The summed E-state index contributed by atoms with van der Waals surface area (Å²) in [6, 6.07) is 22.9. The van der Waals surface area contributed by atoms with Crippen LogP contribution in [0.5, 0.6) is 0 Å². The minimum absolute atomic E-state index is 0.345. The number of hydrogen-bond acceptors (Lipinski definition) is 4. The second-order valence-corrected chi connectivity index (χ2v) is 10.3. The van der Waals surface area contributed by atoms with Gasteiger partial charge in [0.1, 0.15) is 16.3 Å². The molecule has 3 aromatic rings. The van der Waals surface area contributed by atoms with Gasteiger partial charge in [0.15, 0.2) is 0 Å². The summed E-state index contributed by atoms with van der Waals surface area (Å²) >= 11 is 14.7. The first-order chi connectivity index (χ1) is 17.3. The lowest BCUT2D eigenvalue weighted by molar-refractivity contribution is -0.143. The number of amides is 4. The molecule has 3 aliphatic carbocycles. The van der Waals surface area contributed by atoms with Crippen LogP contribution in [0.4, 0.5) is 0 Å². The maximum atomic E-state index is 13.7. The van der Waals surface area contributed by atoms with Crippen LogP contribution in [0.3, 0.4) is 0 Å². The number of likely N-dealkylation sites (tertiary alicyclic amines) is 1. The van der Waals surface area contributed by atoms with E-state index in [1.807, 2.05) is 48.5 Å². The number of halogens is 2. The van der Waals surface area contributed by atoms with Crippen molar-refractivity contribution in [1.82, 2.24) is 15.8 Å². The van der Waals surface area contributed by atoms with Gasteiger partial charge in [-0.05, 0) is 34.4 Å². The lowest BCUT2D eigenvalue weighted by Crippen LogP contribution is -2.57. The van der Waals surface area contributed by atoms with Gasteiger partial charge in [0, 0.05) is 5.56 Å². The van der Waals surface area contributed by atoms with Gasteiger partial charge in [-0.3, -0.25) is 34.9 Å². The van der Waals surface area contributed by atoms with Gasteiger partial charge >= 0.3 is 0 Å². The molecule has 4 amide bonds. The zero-order chi connectivity index (χ0) is 25.2. The largest absolute Gasteiger partial charge is 0.274 e. The van der Waals surface area contributed by atoms with Crippen molar-refractivity contribution in [1.29, 1.82) is 0 Å². The molecular weight excluding hydrogens is 501 g/mol. The fourth-order valence-corrected chi connectivity index (χ4v) is 6.95. The molecule has 7 nitrogen and oxygen atoms in total. The van der Waals surface area contributed by atoms with E-state index in [9.17, 15) is 19.2 Å². The molecule has 7 rings (SSSR count). The maximum absolute atomic E-state index is 13.7. The van der Waals surface area contributed by atoms with Crippen LogP contribution in [0, 0.1) is 11.8 Å². The number of hydrazine groups is 1. The molecule has 1 fully saturated rings. The lowest BCUT2D eigenvalue weighted by Gasteiger charge is -2.54.